The van der Waals surface area contributed by atoms with Gasteiger partial charge < -0.3 is 4.74 Å². The first-order valence-electron chi connectivity index (χ1n) is 5.94. The molecule has 20 heavy (non-hydrogen) atoms. The number of nitrogens with one attached hydrogen (secondary N) is 1. The van der Waals surface area contributed by atoms with Gasteiger partial charge in [-0.1, -0.05) is 27.5 Å². The number of amides is 1. The normalized spacial score (nSPS) is 11.7. The van der Waals surface area contributed by atoms with E-state index in [1.807, 2.05) is 32.9 Å². The topological polar surface area (TPSA) is 51.2 Å². The molecule has 0 aliphatic carbocycles. The number of rotatable bonds is 2. The third kappa shape index (κ3) is 3.62. The predicted octanol–water partition coefficient (Wildman–Crippen LogP) is 5.19. The Morgan fingerprint density at radius 1 is 1.50 bits per heavy atom. The van der Waals surface area contributed by atoms with Gasteiger partial charge in [0.15, 0.2) is 5.82 Å². The van der Waals surface area contributed by atoms with E-state index in [0.717, 1.165) is 15.6 Å². The highest BCUT2D eigenvalue weighted by molar-refractivity contribution is 9.08. The van der Waals surface area contributed by atoms with Gasteiger partial charge in [-0.25, -0.2) is 4.79 Å². The molecule has 0 radical (unpaired) electrons. The molecule has 0 atom stereocenters. The van der Waals surface area contributed by atoms with Gasteiger partial charge in [0.05, 0.1) is 4.70 Å². The Kier molecular flexibility index (Phi) is 4.56. The second-order valence-corrected chi connectivity index (χ2v) is 7.00. The van der Waals surface area contributed by atoms with Gasteiger partial charge in [-0.2, -0.15) is 4.37 Å². The Labute approximate surface area is 134 Å². The molecule has 4 nitrogen and oxygen atoms in total. The minimum atomic E-state index is -0.541. The van der Waals surface area contributed by atoms with E-state index in [4.69, 9.17) is 16.3 Å². The van der Waals surface area contributed by atoms with Crippen molar-refractivity contribution < 1.29 is 9.53 Å². The maximum atomic E-state index is 11.8. The zero-order chi connectivity index (χ0) is 14.9. The lowest BCUT2D eigenvalue weighted by atomic mass is 10.2. The quantitative estimate of drug-likeness (QED) is 0.733. The van der Waals surface area contributed by atoms with Crippen LogP contribution in [0.25, 0.3) is 10.1 Å². The highest BCUT2D eigenvalue weighted by Crippen LogP contribution is 2.33. The molecule has 0 fully saturated rings. The zero-order valence-corrected chi connectivity index (χ0v) is 14.4. The summed E-state index contributed by atoms with van der Waals surface area (Å²) in [4.78, 5) is 11.8. The van der Waals surface area contributed by atoms with Crippen molar-refractivity contribution in [3.05, 3.63) is 22.7 Å². The molecule has 0 spiro atoms. The van der Waals surface area contributed by atoms with Gasteiger partial charge in [0.2, 0.25) is 0 Å². The van der Waals surface area contributed by atoms with Crippen LogP contribution in [0.15, 0.2) is 12.1 Å². The molecule has 2 rings (SSSR count). The number of hydrogen-bond donors (Lipinski definition) is 1. The summed E-state index contributed by atoms with van der Waals surface area (Å²) < 4.78 is 10.4. The molecule has 0 saturated heterocycles. The molecule has 1 heterocycles. The number of ether oxygens (including phenoxy) is 1. The molecule has 0 saturated carbocycles. The van der Waals surface area contributed by atoms with Gasteiger partial charge in [-0.15, -0.1) is 0 Å². The SMILES string of the molecule is CC(C)(C)OC(=O)Nc1nsc2cc(Cl)c(CBr)cc12. The number of alkyl halides is 1. The van der Waals surface area contributed by atoms with E-state index in [9.17, 15) is 4.79 Å². The monoisotopic (exact) mass is 376 g/mol. The maximum Gasteiger partial charge on any atom is 0.413 e. The lowest BCUT2D eigenvalue weighted by Gasteiger charge is -2.19. The number of fused-ring (bicyclic) bond motifs is 1. The third-order valence-electron chi connectivity index (χ3n) is 2.40. The summed E-state index contributed by atoms with van der Waals surface area (Å²) in [5.74, 6) is 0.498. The van der Waals surface area contributed by atoms with Gasteiger partial charge in [-0.05, 0) is 50.0 Å². The van der Waals surface area contributed by atoms with Gasteiger partial charge in [0.1, 0.15) is 5.60 Å². The molecule has 0 unspecified atom stereocenters. The molecule has 1 amide bonds. The van der Waals surface area contributed by atoms with Crippen LogP contribution in [0.1, 0.15) is 26.3 Å². The third-order valence-corrected chi connectivity index (χ3v) is 4.17. The standard InChI is InChI=1S/C13H14BrClN2O2S/c1-13(2,3)19-12(18)16-11-8-4-7(6-14)9(15)5-10(8)20-17-11/h4-5H,6H2,1-3H3,(H,16,17,18). The number of carbonyl (C=O) groups is 1. The summed E-state index contributed by atoms with van der Waals surface area (Å²) in [6.07, 6.45) is -0.514. The second-order valence-electron chi connectivity index (χ2n) is 5.23. The van der Waals surface area contributed by atoms with Crippen LogP contribution in [-0.2, 0) is 10.1 Å². The molecular weight excluding hydrogens is 364 g/mol. The van der Waals surface area contributed by atoms with Crippen molar-refractivity contribution in [3.8, 4) is 0 Å². The Morgan fingerprint density at radius 3 is 2.80 bits per heavy atom. The Bertz CT molecular complexity index is 652. The minimum Gasteiger partial charge on any atom is -0.444 e. The molecule has 0 bridgehead atoms. The molecule has 108 valence electrons. The molecular formula is C13H14BrClN2O2S. The predicted molar refractivity (Wildman–Crippen MR) is 87.1 cm³/mol. The number of benzene rings is 1. The number of halogens is 2. The highest BCUT2D eigenvalue weighted by Gasteiger charge is 2.18. The molecule has 1 aromatic heterocycles. The van der Waals surface area contributed by atoms with E-state index in [0.29, 0.717) is 16.2 Å². The Morgan fingerprint density at radius 2 is 2.20 bits per heavy atom. The van der Waals surface area contributed by atoms with Crippen LogP contribution in [0.2, 0.25) is 5.02 Å². The molecule has 7 heteroatoms. The van der Waals surface area contributed by atoms with Gasteiger partial charge in [0, 0.05) is 15.7 Å². The largest absolute Gasteiger partial charge is 0.444 e. The maximum absolute atomic E-state index is 11.8. The molecule has 1 N–H and O–H groups in total. The Balaban J connectivity index is 2.29. The fraction of sp³-hybridized carbons (Fsp3) is 0.385. The van der Waals surface area contributed by atoms with Crippen molar-refractivity contribution in [2.24, 2.45) is 0 Å². The van der Waals surface area contributed by atoms with Crippen LogP contribution in [0.3, 0.4) is 0 Å². The average molecular weight is 378 g/mol. The lowest BCUT2D eigenvalue weighted by Crippen LogP contribution is -2.27. The van der Waals surface area contributed by atoms with Crippen molar-refractivity contribution in [2.75, 3.05) is 5.32 Å². The fourth-order valence-corrected chi connectivity index (χ4v) is 3.28. The van der Waals surface area contributed by atoms with Crippen molar-refractivity contribution in [3.63, 3.8) is 0 Å². The minimum absolute atomic E-state index is 0.498. The average Bonchev–Trinajstić information content (AvgIpc) is 2.68. The van der Waals surface area contributed by atoms with Gasteiger partial charge in [-0.3, -0.25) is 5.32 Å². The van der Waals surface area contributed by atoms with Gasteiger partial charge >= 0.3 is 6.09 Å². The van der Waals surface area contributed by atoms with E-state index in [1.54, 1.807) is 0 Å². The number of hydrogen-bond acceptors (Lipinski definition) is 4. The van der Waals surface area contributed by atoms with Crippen LogP contribution < -0.4 is 5.32 Å². The summed E-state index contributed by atoms with van der Waals surface area (Å²) in [6.45, 7) is 5.44. The number of carbonyl (C=O) groups excluding carboxylic acids is 1. The van der Waals surface area contributed by atoms with Crippen molar-refractivity contribution in [1.29, 1.82) is 0 Å². The zero-order valence-electron chi connectivity index (χ0n) is 11.3. The highest BCUT2D eigenvalue weighted by atomic mass is 79.9. The molecule has 0 aliphatic heterocycles. The van der Waals surface area contributed by atoms with Crippen LogP contribution >= 0.6 is 39.1 Å². The second kappa shape index (κ2) is 5.87. The van der Waals surface area contributed by atoms with Crippen molar-refractivity contribution in [1.82, 2.24) is 4.37 Å². The first-order chi connectivity index (χ1) is 9.30. The first-order valence-corrected chi connectivity index (χ1v) is 8.21. The fourth-order valence-electron chi connectivity index (χ4n) is 1.60. The van der Waals surface area contributed by atoms with Crippen LogP contribution in [0.4, 0.5) is 10.6 Å². The summed E-state index contributed by atoms with van der Waals surface area (Å²) in [6, 6.07) is 3.77. The number of anilines is 1. The van der Waals surface area contributed by atoms with Crippen LogP contribution in [0, 0.1) is 0 Å². The molecule has 2 aromatic rings. The van der Waals surface area contributed by atoms with E-state index in [1.165, 1.54) is 11.5 Å². The first kappa shape index (κ1) is 15.5. The van der Waals surface area contributed by atoms with Crippen LogP contribution in [0.5, 0.6) is 0 Å². The molecule has 0 aliphatic rings. The van der Waals surface area contributed by atoms with E-state index >= 15 is 0 Å². The smallest absolute Gasteiger partial charge is 0.413 e. The lowest BCUT2D eigenvalue weighted by molar-refractivity contribution is 0.0635. The molecule has 1 aromatic carbocycles. The summed E-state index contributed by atoms with van der Waals surface area (Å²) in [7, 11) is 0. The summed E-state index contributed by atoms with van der Waals surface area (Å²) in [5, 5.41) is 4.86. The summed E-state index contributed by atoms with van der Waals surface area (Å²) in [5.41, 5.74) is 0.409. The van der Waals surface area contributed by atoms with Crippen LogP contribution in [-0.4, -0.2) is 16.1 Å². The number of aromatic nitrogens is 1. The summed E-state index contributed by atoms with van der Waals surface area (Å²) >= 11 is 10.8. The van der Waals surface area contributed by atoms with Crippen molar-refractivity contribution >= 4 is 61.1 Å². The van der Waals surface area contributed by atoms with E-state index in [2.05, 4.69) is 25.6 Å². The van der Waals surface area contributed by atoms with Gasteiger partial charge in [0.25, 0.3) is 0 Å². The number of nitrogens with zero attached hydrogens (tertiary/aromatic N) is 1. The van der Waals surface area contributed by atoms with Crippen molar-refractivity contribution in [2.45, 2.75) is 31.7 Å². The van der Waals surface area contributed by atoms with E-state index < -0.39 is 11.7 Å². The van der Waals surface area contributed by atoms with E-state index in [-0.39, 0.29) is 0 Å². The Hall–Kier alpha value is -0.850.